The Bertz CT molecular complexity index is 418. The van der Waals surface area contributed by atoms with Crippen molar-refractivity contribution in [1.29, 1.82) is 0 Å². The molecular formula is C15H24I2NO2VY-. The van der Waals surface area contributed by atoms with Gasteiger partial charge in [-0.15, -0.1) is 0 Å². The molecule has 3 nitrogen and oxygen atoms in total. The summed E-state index contributed by atoms with van der Waals surface area (Å²) in [5.74, 6) is -0.353. The van der Waals surface area contributed by atoms with Gasteiger partial charge in [-0.25, -0.2) is 4.79 Å². The van der Waals surface area contributed by atoms with Crippen LogP contribution >= 0.6 is 40.0 Å². The monoisotopic (exact) mass is 644 g/mol. The van der Waals surface area contributed by atoms with E-state index in [1.807, 2.05) is 52.0 Å². The van der Waals surface area contributed by atoms with E-state index < -0.39 is 0 Å². The van der Waals surface area contributed by atoms with Gasteiger partial charge in [0.15, 0.2) is 0 Å². The van der Waals surface area contributed by atoms with E-state index in [1.165, 1.54) is 13.2 Å². The predicted molar refractivity (Wildman–Crippen MR) is 106 cm³/mol. The molecular weight excluding hydrogens is 620 g/mol. The van der Waals surface area contributed by atoms with Crippen molar-refractivity contribution in [3.63, 3.8) is 0 Å². The molecule has 0 fully saturated rings. The topological polar surface area (TPSA) is 38.3 Å². The van der Waals surface area contributed by atoms with Crippen LogP contribution in [0.5, 0.6) is 0 Å². The molecule has 124 valence electrons. The molecule has 1 radical (unpaired) electrons. The number of rotatable bonds is 3. The number of esters is 1. The normalized spacial score (nSPS) is 8.41. The van der Waals surface area contributed by atoms with Crippen molar-refractivity contribution in [2.75, 3.05) is 12.4 Å². The van der Waals surface area contributed by atoms with Crippen LogP contribution in [0.2, 0.25) is 0 Å². The third-order valence-electron chi connectivity index (χ3n) is 2.01. The van der Waals surface area contributed by atoms with Crippen LogP contribution < -0.4 is 5.32 Å². The van der Waals surface area contributed by atoms with Crippen LogP contribution in [0.1, 0.15) is 26.3 Å². The molecule has 0 spiro atoms. The molecule has 0 atom stereocenters. The summed E-state index contributed by atoms with van der Waals surface area (Å²) in [4.78, 5) is 11.0. The van der Waals surface area contributed by atoms with E-state index >= 15 is 0 Å². The van der Waals surface area contributed by atoms with Crippen molar-refractivity contribution in [2.45, 2.75) is 27.7 Å². The summed E-state index contributed by atoms with van der Waals surface area (Å²) in [5, 5.41) is 3.14. The number of aryl methyl sites for hydroxylation is 1. The minimum atomic E-state index is -0.353. The van der Waals surface area contributed by atoms with Crippen LogP contribution in [0.25, 0.3) is 0 Å². The number of hydrogen-bond donors (Lipinski definition) is 1. The van der Waals surface area contributed by atoms with Crippen LogP contribution in [0.3, 0.4) is 0 Å². The van der Waals surface area contributed by atoms with Crippen LogP contribution in [0.15, 0.2) is 36.0 Å². The summed E-state index contributed by atoms with van der Waals surface area (Å²) in [5.41, 5.74) is 2.89. The van der Waals surface area contributed by atoms with E-state index in [-0.39, 0.29) is 46.1 Å². The number of methoxy groups -OCH3 is 1. The van der Waals surface area contributed by atoms with Gasteiger partial charge in [-0.1, -0.05) is 32.0 Å². The van der Waals surface area contributed by atoms with E-state index in [0.29, 0.717) is 9.47 Å². The first kappa shape index (κ1) is 31.2. The number of carbonyl (C=O) groups excluding carboxylic acids is 1. The van der Waals surface area contributed by atoms with Gasteiger partial charge in [0, 0.05) is 50.2 Å². The number of benzene rings is 1. The summed E-state index contributed by atoms with van der Waals surface area (Å²) < 4.78 is 4.53. The standard InChI is InChI=1S/C12H15NO2.C2H6.CH3.2HI.V.Y/c1-9-6-4-5-7-11(9)13-10(2)8-12(14)15-3;1-2;;;;;/h4-8,13H,1-3H3;1-2H3;1H3;2*1H;;/q;;-1;;;+2;/p-2/b10-8+;;;;;;. The van der Waals surface area contributed by atoms with Gasteiger partial charge in [-0.3, -0.25) is 0 Å². The molecule has 0 heterocycles. The molecule has 1 aromatic rings. The molecule has 0 aliphatic heterocycles. The van der Waals surface area contributed by atoms with Crippen molar-refractivity contribution >= 4 is 51.6 Å². The quantitative estimate of drug-likeness (QED) is 0.198. The van der Waals surface area contributed by atoms with Crippen molar-refractivity contribution in [3.05, 3.63) is 49.0 Å². The maximum Gasteiger partial charge on any atom is 0 e. The van der Waals surface area contributed by atoms with Crippen molar-refractivity contribution in [1.82, 2.24) is 0 Å². The maximum absolute atomic E-state index is 11.0. The third-order valence-corrected chi connectivity index (χ3v) is 2.01. The molecule has 7 heteroatoms. The molecule has 0 aliphatic carbocycles. The fourth-order valence-electron chi connectivity index (χ4n) is 1.20. The van der Waals surface area contributed by atoms with E-state index in [9.17, 15) is 4.79 Å². The van der Waals surface area contributed by atoms with Crippen LogP contribution in [-0.4, -0.2) is 13.1 Å². The summed E-state index contributed by atoms with van der Waals surface area (Å²) >= 11 is 4.74. The number of allylic oxidation sites excluding steroid dienone is 1. The van der Waals surface area contributed by atoms with Gasteiger partial charge in [0.05, 0.1) is 7.11 Å². The Kier molecular flexibility index (Phi) is 31.7. The minimum Gasteiger partial charge on any atom is 0 e. The first-order valence-corrected chi connectivity index (χ1v) is 15.1. The average molecular weight is 644 g/mol. The molecule has 0 aromatic heterocycles. The molecule has 0 amide bonds. The number of hydrogen-bond acceptors (Lipinski definition) is 3. The Morgan fingerprint density at radius 2 is 1.73 bits per heavy atom. The number of ether oxygens (including phenoxy) is 1. The number of carbonyl (C=O) groups is 1. The second-order valence-electron chi connectivity index (χ2n) is 3.35. The largest absolute Gasteiger partial charge is 0 e. The zero-order valence-electron chi connectivity index (χ0n) is 14.0. The molecule has 1 aromatic carbocycles. The first-order chi connectivity index (χ1) is 9.54. The fourth-order valence-corrected chi connectivity index (χ4v) is 1.20. The number of nitrogens with one attached hydrogen (secondary N) is 1. The molecule has 22 heavy (non-hydrogen) atoms. The van der Waals surface area contributed by atoms with Crippen LogP contribution in [-0.2, 0) is 51.7 Å². The summed E-state index contributed by atoms with van der Waals surface area (Å²) in [6, 6.07) is 7.89. The molecule has 1 N–H and O–H groups in total. The van der Waals surface area contributed by atoms with Crippen molar-refractivity contribution in [2.24, 2.45) is 0 Å². The van der Waals surface area contributed by atoms with Gasteiger partial charge in [0.1, 0.15) is 0 Å². The van der Waals surface area contributed by atoms with E-state index in [2.05, 4.69) is 50.0 Å². The van der Waals surface area contributed by atoms with Gasteiger partial charge in [0.2, 0.25) is 0 Å². The van der Waals surface area contributed by atoms with E-state index in [0.717, 1.165) is 16.9 Å². The number of halogens is 2. The fraction of sp³-hybridized carbons (Fsp3) is 0.333. The van der Waals surface area contributed by atoms with Gasteiger partial charge in [-0.2, -0.15) is 0 Å². The van der Waals surface area contributed by atoms with Crippen molar-refractivity contribution < 1.29 is 51.7 Å². The third kappa shape index (κ3) is 17.7. The number of anilines is 1. The van der Waals surface area contributed by atoms with Gasteiger partial charge < -0.3 is 17.5 Å². The maximum atomic E-state index is 11.0. The van der Waals surface area contributed by atoms with Crippen LogP contribution in [0, 0.1) is 14.4 Å². The zero-order valence-corrected chi connectivity index (χ0v) is 22.5. The molecule has 0 bridgehead atoms. The summed E-state index contributed by atoms with van der Waals surface area (Å²) in [6.45, 7) is 7.83. The molecule has 0 saturated carbocycles. The molecule has 0 unspecified atom stereocenters. The number of para-hydroxylation sites is 1. The van der Waals surface area contributed by atoms with E-state index in [1.54, 1.807) is 0 Å². The Labute approximate surface area is 189 Å². The van der Waals surface area contributed by atoms with E-state index in [4.69, 9.17) is 0 Å². The van der Waals surface area contributed by atoms with Gasteiger partial charge >= 0.3 is 55.4 Å². The van der Waals surface area contributed by atoms with Gasteiger partial charge in [0.25, 0.3) is 0 Å². The Morgan fingerprint density at radius 1 is 1.27 bits per heavy atom. The first-order valence-electron chi connectivity index (χ1n) is 6.06. The van der Waals surface area contributed by atoms with Crippen LogP contribution in [0.4, 0.5) is 5.69 Å². The predicted octanol–water partition coefficient (Wildman–Crippen LogP) is 5.73. The zero-order chi connectivity index (χ0) is 16.0. The van der Waals surface area contributed by atoms with Gasteiger partial charge in [-0.05, 0) is 25.5 Å². The Balaban J connectivity index is -0.000000207. The SMILES string of the molecule is CC.COC(=O)/C=C(\C)Nc1ccccc1C.[CH3-].[I][V][I].[Y]. The second-order valence-corrected chi connectivity index (χ2v) is 15.1. The van der Waals surface area contributed by atoms with Crippen molar-refractivity contribution in [3.8, 4) is 0 Å². The Hall–Kier alpha value is 1.38. The minimum absolute atomic E-state index is 0. The summed E-state index contributed by atoms with van der Waals surface area (Å²) in [7, 11) is 1.99. The second kappa shape index (κ2) is 22.4. The smallest absolute Gasteiger partial charge is 0 e. The molecule has 0 aliphatic rings. The summed E-state index contributed by atoms with van der Waals surface area (Å²) in [6.07, 6.45) is 1.42. The average Bonchev–Trinajstić information content (AvgIpc) is 2.44. The Morgan fingerprint density at radius 3 is 2.14 bits per heavy atom. The molecule has 1 rings (SSSR count). The molecule has 0 saturated heterocycles.